The van der Waals surface area contributed by atoms with Crippen molar-refractivity contribution in [3.8, 4) is 0 Å². The molecule has 0 aliphatic heterocycles. The van der Waals surface area contributed by atoms with Gasteiger partial charge in [0.05, 0.1) is 6.10 Å². The highest BCUT2D eigenvalue weighted by atomic mass is 32.2. The van der Waals surface area contributed by atoms with Crippen LogP contribution in [0.2, 0.25) is 0 Å². The topological polar surface area (TPSA) is 95.5 Å². The Morgan fingerprint density at radius 2 is 2.10 bits per heavy atom. The highest BCUT2D eigenvalue weighted by Gasteiger charge is 2.19. The summed E-state index contributed by atoms with van der Waals surface area (Å²) >= 11 is 0. The van der Waals surface area contributed by atoms with Gasteiger partial charge in [0.25, 0.3) is 0 Å². The van der Waals surface area contributed by atoms with E-state index in [4.69, 9.17) is 0 Å². The maximum atomic E-state index is 13.8. The fourth-order valence-corrected chi connectivity index (χ4v) is 2.75. The van der Waals surface area contributed by atoms with Gasteiger partial charge >= 0.3 is 0 Å². The molecule has 0 bridgehead atoms. The fourth-order valence-electron chi connectivity index (χ4n) is 1.64. The molecule has 8 heteroatoms. The van der Waals surface area contributed by atoms with E-state index in [1.807, 2.05) is 0 Å². The quantitative estimate of drug-likeness (QED) is 0.704. The van der Waals surface area contributed by atoms with Gasteiger partial charge in [-0.05, 0) is 31.0 Å². The maximum absolute atomic E-state index is 13.8. The van der Waals surface area contributed by atoms with Crippen LogP contribution in [0, 0.1) is 5.82 Å². The molecular weight excluding hydrogens is 299 g/mol. The minimum atomic E-state index is -3.99. The van der Waals surface area contributed by atoms with Gasteiger partial charge in [-0.25, -0.2) is 17.5 Å². The lowest BCUT2D eigenvalue weighted by Crippen LogP contribution is -2.28. The number of anilines is 1. The Morgan fingerprint density at radius 3 is 2.62 bits per heavy atom. The lowest BCUT2D eigenvalue weighted by molar-refractivity contribution is -0.114. The Balaban J connectivity index is 2.81. The summed E-state index contributed by atoms with van der Waals surface area (Å²) in [4.78, 5) is 10.4. The van der Waals surface area contributed by atoms with E-state index in [1.165, 1.54) is 13.0 Å². The Hall–Kier alpha value is -1.51. The van der Waals surface area contributed by atoms with Crippen molar-refractivity contribution in [2.75, 3.05) is 11.9 Å². The molecule has 1 amide bonds. The number of benzene rings is 1. The van der Waals surface area contributed by atoms with Crippen LogP contribution in [-0.4, -0.2) is 32.1 Å². The molecule has 0 aliphatic carbocycles. The van der Waals surface area contributed by atoms with E-state index in [0.717, 1.165) is 12.1 Å². The molecule has 0 fully saturated rings. The van der Waals surface area contributed by atoms with E-state index in [9.17, 15) is 22.7 Å². The SMILES string of the molecule is CCC(O)CCNS(=O)(=O)c1ccc(NC(C)=O)cc1F. The molecule has 21 heavy (non-hydrogen) atoms. The smallest absolute Gasteiger partial charge is 0.243 e. The molecule has 1 aromatic carbocycles. The van der Waals surface area contributed by atoms with Gasteiger partial charge in [0.2, 0.25) is 15.9 Å². The third-order valence-corrected chi connectivity index (χ3v) is 4.28. The van der Waals surface area contributed by atoms with E-state index in [2.05, 4.69) is 10.0 Å². The number of aliphatic hydroxyl groups is 1. The summed E-state index contributed by atoms with van der Waals surface area (Å²) in [6, 6.07) is 3.33. The minimum absolute atomic E-state index is 0.0181. The molecule has 1 rings (SSSR count). The Bertz CT molecular complexity index is 604. The molecule has 1 atom stereocenters. The van der Waals surface area contributed by atoms with Gasteiger partial charge in [0, 0.05) is 19.2 Å². The maximum Gasteiger partial charge on any atom is 0.243 e. The third-order valence-electron chi connectivity index (χ3n) is 2.78. The summed E-state index contributed by atoms with van der Waals surface area (Å²) in [5.41, 5.74) is 0.181. The van der Waals surface area contributed by atoms with Gasteiger partial charge in [-0.15, -0.1) is 0 Å². The predicted octanol–water partition coefficient (Wildman–Crippen LogP) is 1.22. The van der Waals surface area contributed by atoms with E-state index in [1.54, 1.807) is 6.92 Å². The highest BCUT2D eigenvalue weighted by molar-refractivity contribution is 7.89. The number of rotatable bonds is 7. The van der Waals surface area contributed by atoms with Crippen LogP contribution in [0.3, 0.4) is 0 Å². The first kappa shape index (κ1) is 17.5. The number of hydrogen-bond donors (Lipinski definition) is 3. The predicted molar refractivity (Wildman–Crippen MR) is 76.8 cm³/mol. The lowest BCUT2D eigenvalue weighted by Gasteiger charge is -2.11. The largest absolute Gasteiger partial charge is 0.393 e. The first-order valence-corrected chi connectivity index (χ1v) is 7.99. The number of carbonyl (C=O) groups excluding carboxylic acids is 1. The fraction of sp³-hybridized carbons (Fsp3) is 0.462. The first-order chi connectivity index (χ1) is 9.76. The monoisotopic (exact) mass is 318 g/mol. The second-order valence-electron chi connectivity index (χ2n) is 4.57. The molecule has 0 saturated carbocycles. The molecule has 0 aromatic heterocycles. The average Bonchev–Trinajstić information content (AvgIpc) is 2.37. The molecule has 0 radical (unpaired) electrons. The van der Waals surface area contributed by atoms with Crippen molar-refractivity contribution in [1.29, 1.82) is 0 Å². The number of hydrogen-bond acceptors (Lipinski definition) is 4. The summed E-state index contributed by atoms with van der Waals surface area (Å²) in [5.74, 6) is -1.33. The summed E-state index contributed by atoms with van der Waals surface area (Å²) in [7, 11) is -3.99. The van der Waals surface area contributed by atoms with Gasteiger partial charge in [-0.2, -0.15) is 0 Å². The second kappa shape index (κ2) is 7.48. The van der Waals surface area contributed by atoms with Crippen molar-refractivity contribution in [2.24, 2.45) is 0 Å². The molecule has 0 saturated heterocycles. The lowest BCUT2D eigenvalue weighted by atomic mass is 10.2. The van der Waals surface area contributed by atoms with Crippen molar-refractivity contribution >= 4 is 21.6 Å². The average molecular weight is 318 g/mol. The van der Waals surface area contributed by atoms with E-state index in [-0.39, 0.29) is 24.6 Å². The Labute approximate surface area is 123 Å². The number of halogens is 1. The molecule has 0 aliphatic rings. The van der Waals surface area contributed by atoms with Gasteiger partial charge < -0.3 is 10.4 Å². The Kier molecular flexibility index (Phi) is 6.25. The number of nitrogens with one attached hydrogen (secondary N) is 2. The third kappa shape index (κ3) is 5.41. The summed E-state index contributed by atoms with van der Waals surface area (Å²) in [6.07, 6.45) is 0.169. The number of amides is 1. The molecule has 118 valence electrons. The molecular formula is C13H19FN2O4S. The van der Waals surface area contributed by atoms with Gasteiger partial charge in [0.15, 0.2) is 0 Å². The zero-order valence-electron chi connectivity index (χ0n) is 11.9. The van der Waals surface area contributed by atoms with Crippen molar-refractivity contribution in [2.45, 2.75) is 37.7 Å². The van der Waals surface area contributed by atoms with Crippen LogP contribution < -0.4 is 10.0 Å². The van der Waals surface area contributed by atoms with Crippen molar-refractivity contribution in [3.63, 3.8) is 0 Å². The summed E-state index contributed by atoms with van der Waals surface area (Å²) < 4.78 is 39.9. The van der Waals surface area contributed by atoms with E-state index < -0.39 is 26.8 Å². The number of aliphatic hydroxyl groups excluding tert-OH is 1. The summed E-state index contributed by atoms with van der Waals surface area (Å²) in [5, 5.41) is 11.7. The van der Waals surface area contributed by atoms with Crippen LogP contribution in [0.1, 0.15) is 26.7 Å². The van der Waals surface area contributed by atoms with Gasteiger partial charge in [0.1, 0.15) is 10.7 Å². The first-order valence-electron chi connectivity index (χ1n) is 6.51. The molecule has 0 heterocycles. The minimum Gasteiger partial charge on any atom is -0.393 e. The summed E-state index contributed by atoms with van der Waals surface area (Å²) in [6.45, 7) is 3.06. The van der Waals surface area contributed by atoms with E-state index >= 15 is 0 Å². The molecule has 1 aromatic rings. The van der Waals surface area contributed by atoms with Crippen LogP contribution in [0.25, 0.3) is 0 Å². The van der Waals surface area contributed by atoms with Crippen molar-refractivity contribution < 1.29 is 22.7 Å². The van der Waals surface area contributed by atoms with Crippen LogP contribution in [0.4, 0.5) is 10.1 Å². The molecule has 3 N–H and O–H groups in total. The van der Waals surface area contributed by atoms with Crippen LogP contribution in [-0.2, 0) is 14.8 Å². The van der Waals surface area contributed by atoms with Crippen LogP contribution >= 0.6 is 0 Å². The molecule has 6 nitrogen and oxygen atoms in total. The standard InChI is InChI=1S/C13H19FN2O4S/c1-3-11(18)6-7-15-21(19,20)13-5-4-10(8-12(13)14)16-9(2)17/h4-5,8,11,15,18H,3,6-7H2,1-2H3,(H,16,17). The molecule has 0 spiro atoms. The van der Waals surface area contributed by atoms with Crippen molar-refractivity contribution in [1.82, 2.24) is 4.72 Å². The molecule has 1 unspecified atom stereocenters. The van der Waals surface area contributed by atoms with Crippen LogP contribution in [0.15, 0.2) is 23.1 Å². The highest BCUT2D eigenvalue weighted by Crippen LogP contribution is 2.19. The van der Waals surface area contributed by atoms with Crippen LogP contribution in [0.5, 0.6) is 0 Å². The van der Waals surface area contributed by atoms with Gasteiger partial charge in [-0.1, -0.05) is 6.92 Å². The number of carbonyl (C=O) groups is 1. The zero-order valence-corrected chi connectivity index (χ0v) is 12.7. The second-order valence-corrected chi connectivity index (χ2v) is 6.31. The van der Waals surface area contributed by atoms with Gasteiger partial charge in [-0.3, -0.25) is 4.79 Å². The number of sulfonamides is 1. The Morgan fingerprint density at radius 1 is 1.43 bits per heavy atom. The zero-order chi connectivity index (χ0) is 16.0. The normalized spacial score (nSPS) is 13.0. The van der Waals surface area contributed by atoms with Crippen molar-refractivity contribution in [3.05, 3.63) is 24.0 Å². The van der Waals surface area contributed by atoms with E-state index in [0.29, 0.717) is 6.42 Å².